The van der Waals surface area contributed by atoms with Crippen molar-refractivity contribution in [1.82, 2.24) is 0 Å². The molecule has 0 aliphatic heterocycles. The molecule has 0 aromatic heterocycles. The van der Waals surface area contributed by atoms with Crippen molar-refractivity contribution in [3.63, 3.8) is 0 Å². The first-order chi connectivity index (χ1) is 10.1. The molecule has 3 N–H and O–H groups in total. The van der Waals surface area contributed by atoms with Crippen LogP contribution in [0.5, 0.6) is 5.75 Å². The first-order valence-corrected chi connectivity index (χ1v) is 6.43. The van der Waals surface area contributed by atoms with E-state index in [1.807, 2.05) is 12.1 Å². The smallest absolute Gasteiger partial charge is 0.311 e. The zero-order valence-electron chi connectivity index (χ0n) is 11.4. The first-order valence-electron chi connectivity index (χ1n) is 6.43. The minimum absolute atomic E-state index is 0.0207. The molecule has 6 heteroatoms. The van der Waals surface area contributed by atoms with E-state index in [4.69, 9.17) is 15.6 Å². The molecule has 0 amide bonds. The van der Waals surface area contributed by atoms with E-state index >= 15 is 0 Å². The maximum Gasteiger partial charge on any atom is 0.311 e. The maximum atomic E-state index is 11.0. The van der Waals surface area contributed by atoms with Crippen molar-refractivity contribution in [3.05, 3.63) is 69.3 Å². The second-order valence-corrected chi connectivity index (χ2v) is 4.53. The summed E-state index contributed by atoms with van der Waals surface area (Å²) in [6, 6.07) is 11.9. The molecule has 0 atom stereocenters. The van der Waals surface area contributed by atoms with E-state index in [-0.39, 0.29) is 31.2 Å². The minimum Gasteiger partial charge on any atom is -0.482 e. The van der Waals surface area contributed by atoms with Crippen LogP contribution in [-0.2, 0) is 19.8 Å². The zero-order valence-corrected chi connectivity index (χ0v) is 11.4. The van der Waals surface area contributed by atoms with E-state index in [1.165, 1.54) is 6.07 Å². The molecule has 0 heterocycles. The van der Waals surface area contributed by atoms with Crippen LogP contribution in [0.1, 0.15) is 16.7 Å². The van der Waals surface area contributed by atoms with Crippen molar-refractivity contribution in [2.24, 2.45) is 5.73 Å². The number of rotatable bonds is 6. The van der Waals surface area contributed by atoms with Gasteiger partial charge in [-0.3, -0.25) is 10.1 Å². The molecule has 0 fully saturated rings. The molecule has 0 bridgehead atoms. The lowest BCUT2D eigenvalue weighted by molar-refractivity contribution is -0.386. The summed E-state index contributed by atoms with van der Waals surface area (Å²) in [4.78, 5) is 10.6. The van der Waals surface area contributed by atoms with Gasteiger partial charge in [0.2, 0.25) is 0 Å². The van der Waals surface area contributed by atoms with Gasteiger partial charge >= 0.3 is 5.69 Å². The van der Waals surface area contributed by atoms with Gasteiger partial charge in [0.25, 0.3) is 0 Å². The highest BCUT2D eigenvalue weighted by Gasteiger charge is 2.15. The lowest BCUT2D eigenvalue weighted by atomic mass is 10.1. The fourth-order valence-electron chi connectivity index (χ4n) is 1.86. The summed E-state index contributed by atoms with van der Waals surface area (Å²) in [6.07, 6.45) is 0. The number of ether oxygens (including phenoxy) is 1. The summed E-state index contributed by atoms with van der Waals surface area (Å²) in [7, 11) is 0. The van der Waals surface area contributed by atoms with Gasteiger partial charge in [-0.05, 0) is 22.8 Å². The Morgan fingerprint density at radius 3 is 2.29 bits per heavy atom. The van der Waals surface area contributed by atoms with Gasteiger partial charge in [0.05, 0.1) is 11.5 Å². The molecule has 110 valence electrons. The van der Waals surface area contributed by atoms with Gasteiger partial charge in [0, 0.05) is 12.6 Å². The van der Waals surface area contributed by atoms with Crippen LogP contribution in [0.4, 0.5) is 5.69 Å². The molecule has 21 heavy (non-hydrogen) atoms. The summed E-state index contributed by atoms with van der Waals surface area (Å²) >= 11 is 0. The number of aliphatic hydroxyl groups excluding tert-OH is 1. The van der Waals surface area contributed by atoms with Gasteiger partial charge < -0.3 is 15.6 Å². The van der Waals surface area contributed by atoms with E-state index in [0.717, 1.165) is 11.1 Å². The van der Waals surface area contributed by atoms with E-state index in [9.17, 15) is 10.1 Å². The van der Waals surface area contributed by atoms with Crippen molar-refractivity contribution in [1.29, 1.82) is 0 Å². The highest BCUT2D eigenvalue weighted by atomic mass is 16.6. The van der Waals surface area contributed by atoms with Gasteiger partial charge in [-0.2, -0.15) is 0 Å². The number of aliphatic hydroxyl groups is 1. The van der Waals surface area contributed by atoms with Crippen LogP contribution in [0.2, 0.25) is 0 Å². The van der Waals surface area contributed by atoms with Crippen molar-refractivity contribution in [2.45, 2.75) is 19.8 Å². The molecular weight excluding hydrogens is 272 g/mol. The van der Waals surface area contributed by atoms with Crippen molar-refractivity contribution < 1.29 is 14.8 Å². The number of hydrogen-bond donors (Lipinski definition) is 2. The average molecular weight is 288 g/mol. The summed E-state index contributed by atoms with van der Waals surface area (Å²) in [5.74, 6) is 0.212. The van der Waals surface area contributed by atoms with Crippen LogP contribution in [0.3, 0.4) is 0 Å². The topological polar surface area (TPSA) is 98.6 Å². The molecule has 2 aromatic carbocycles. The van der Waals surface area contributed by atoms with Gasteiger partial charge in [-0.15, -0.1) is 0 Å². The third-order valence-corrected chi connectivity index (χ3v) is 3.06. The SMILES string of the molecule is NCc1ccc(OCc2ccc(CO)cc2)c([N+](=O)[O-])c1. The lowest BCUT2D eigenvalue weighted by Gasteiger charge is -2.08. The zero-order chi connectivity index (χ0) is 15.2. The predicted octanol–water partition coefficient (Wildman–Crippen LogP) is 2.12. The third-order valence-electron chi connectivity index (χ3n) is 3.06. The Kier molecular flexibility index (Phi) is 4.86. The average Bonchev–Trinajstić information content (AvgIpc) is 2.53. The molecule has 0 spiro atoms. The maximum absolute atomic E-state index is 11.0. The Hall–Kier alpha value is -2.44. The monoisotopic (exact) mass is 288 g/mol. The van der Waals surface area contributed by atoms with Crippen LogP contribution in [0.15, 0.2) is 42.5 Å². The molecule has 0 unspecified atom stereocenters. The fraction of sp³-hybridized carbons (Fsp3) is 0.200. The quantitative estimate of drug-likeness (QED) is 0.626. The third kappa shape index (κ3) is 3.77. The highest BCUT2D eigenvalue weighted by Crippen LogP contribution is 2.28. The summed E-state index contributed by atoms with van der Waals surface area (Å²) in [5, 5.41) is 20.0. The number of benzene rings is 2. The van der Waals surface area contributed by atoms with Crippen molar-refractivity contribution in [3.8, 4) is 5.75 Å². The van der Waals surface area contributed by atoms with Crippen LogP contribution < -0.4 is 10.5 Å². The Labute approximate surface area is 121 Å². The Morgan fingerprint density at radius 1 is 1.10 bits per heavy atom. The van der Waals surface area contributed by atoms with E-state index in [0.29, 0.717) is 5.56 Å². The molecule has 6 nitrogen and oxygen atoms in total. The number of nitrogens with zero attached hydrogens (tertiary/aromatic N) is 1. The van der Waals surface area contributed by atoms with E-state index in [1.54, 1.807) is 24.3 Å². The molecular formula is C15H16N2O4. The van der Waals surface area contributed by atoms with Crippen LogP contribution in [0.25, 0.3) is 0 Å². The normalized spacial score (nSPS) is 10.4. The number of nitrogens with two attached hydrogens (primary N) is 1. The molecule has 0 radical (unpaired) electrons. The first kappa shape index (κ1) is 15.0. The minimum atomic E-state index is -0.483. The second-order valence-electron chi connectivity index (χ2n) is 4.53. The molecule has 2 rings (SSSR count). The predicted molar refractivity (Wildman–Crippen MR) is 77.7 cm³/mol. The van der Waals surface area contributed by atoms with Gasteiger partial charge in [0.1, 0.15) is 6.61 Å². The van der Waals surface area contributed by atoms with E-state index in [2.05, 4.69) is 0 Å². The number of nitro benzene ring substituents is 1. The fourth-order valence-corrected chi connectivity index (χ4v) is 1.86. The van der Waals surface area contributed by atoms with Gasteiger partial charge in [0.15, 0.2) is 5.75 Å². The standard InChI is InChI=1S/C15H16N2O4/c16-8-13-5-6-15(14(7-13)17(19)20)21-10-12-3-1-11(9-18)2-4-12/h1-7,18H,8-10,16H2. The molecule has 2 aromatic rings. The molecule has 0 saturated carbocycles. The van der Waals surface area contributed by atoms with Gasteiger partial charge in [-0.25, -0.2) is 0 Å². The molecule has 0 aliphatic carbocycles. The lowest BCUT2D eigenvalue weighted by Crippen LogP contribution is -2.02. The molecule has 0 saturated heterocycles. The largest absolute Gasteiger partial charge is 0.482 e. The van der Waals surface area contributed by atoms with Gasteiger partial charge in [-0.1, -0.05) is 30.3 Å². The molecule has 0 aliphatic rings. The van der Waals surface area contributed by atoms with Crippen LogP contribution in [-0.4, -0.2) is 10.0 Å². The van der Waals surface area contributed by atoms with Crippen LogP contribution >= 0.6 is 0 Å². The highest BCUT2D eigenvalue weighted by molar-refractivity contribution is 5.48. The Bertz CT molecular complexity index is 626. The number of hydrogen-bond acceptors (Lipinski definition) is 5. The van der Waals surface area contributed by atoms with E-state index < -0.39 is 4.92 Å². The summed E-state index contributed by atoms with van der Waals surface area (Å²) < 4.78 is 5.51. The summed E-state index contributed by atoms with van der Waals surface area (Å²) in [5.41, 5.74) is 7.73. The van der Waals surface area contributed by atoms with Crippen LogP contribution in [0, 0.1) is 10.1 Å². The Balaban J connectivity index is 2.13. The second kappa shape index (κ2) is 6.83. The van der Waals surface area contributed by atoms with Crippen molar-refractivity contribution >= 4 is 5.69 Å². The Morgan fingerprint density at radius 2 is 1.71 bits per heavy atom. The van der Waals surface area contributed by atoms with Crippen molar-refractivity contribution in [2.75, 3.05) is 0 Å². The summed E-state index contributed by atoms with van der Waals surface area (Å²) in [6.45, 7) is 0.436. The number of nitro groups is 1.